The Morgan fingerprint density at radius 1 is 0.970 bits per heavy atom. The van der Waals surface area contributed by atoms with Crippen LogP contribution in [0.4, 0.5) is 24.5 Å². The molecule has 0 heterocycles. The van der Waals surface area contributed by atoms with Crippen LogP contribution < -0.4 is 14.8 Å². The first kappa shape index (κ1) is 24.4. The lowest BCUT2D eigenvalue weighted by molar-refractivity contribution is -0.137. The normalized spacial score (nSPS) is 11.7. The van der Waals surface area contributed by atoms with Crippen LogP contribution in [0.25, 0.3) is 0 Å². The number of aryl methyl sites for hydroxylation is 1. The summed E-state index contributed by atoms with van der Waals surface area (Å²) in [6.07, 6.45) is -4.66. The molecule has 0 aromatic heterocycles. The van der Waals surface area contributed by atoms with E-state index >= 15 is 0 Å². The van der Waals surface area contributed by atoms with Gasteiger partial charge in [0.1, 0.15) is 5.75 Å². The Hall–Kier alpha value is -3.24. The SMILES string of the molecule is Cc1ccc(NS(=O)(=O)c2ccc(OCC(=O)Nc3ccc(Cl)c(C(F)(F)F)c3)cc2)cc1. The molecule has 0 aliphatic carbocycles. The van der Waals surface area contributed by atoms with Crippen molar-refractivity contribution in [2.45, 2.75) is 18.0 Å². The number of rotatable bonds is 7. The molecule has 33 heavy (non-hydrogen) atoms. The van der Waals surface area contributed by atoms with Crippen LogP contribution in [0.2, 0.25) is 5.02 Å². The van der Waals surface area contributed by atoms with Crippen molar-refractivity contribution >= 4 is 38.9 Å². The van der Waals surface area contributed by atoms with Gasteiger partial charge in [0.25, 0.3) is 15.9 Å². The predicted octanol–water partition coefficient (Wildman–Crippen LogP) is 5.49. The number of alkyl halides is 3. The monoisotopic (exact) mass is 498 g/mol. The largest absolute Gasteiger partial charge is 0.484 e. The molecule has 1 amide bonds. The molecule has 0 fully saturated rings. The molecule has 0 bridgehead atoms. The second kappa shape index (κ2) is 9.72. The first-order valence-electron chi connectivity index (χ1n) is 9.43. The zero-order chi connectivity index (χ0) is 24.2. The van der Waals surface area contributed by atoms with E-state index in [9.17, 15) is 26.4 Å². The molecule has 0 saturated heterocycles. The van der Waals surface area contributed by atoms with Crippen LogP contribution in [0.1, 0.15) is 11.1 Å². The number of nitrogens with one attached hydrogen (secondary N) is 2. The maximum absolute atomic E-state index is 12.9. The minimum absolute atomic E-state index is 0.0132. The zero-order valence-corrected chi connectivity index (χ0v) is 18.7. The second-order valence-corrected chi connectivity index (χ2v) is 9.06. The number of hydrogen-bond donors (Lipinski definition) is 2. The number of carbonyl (C=O) groups is 1. The average molecular weight is 499 g/mol. The summed E-state index contributed by atoms with van der Waals surface area (Å²) < 4.78 is 71.5. The number of amides is 1. The third kappa shape index (κ3) is 6.62. The van der Waals surface area contributed by atoms with Crippen molar-refractivity contribution in [1.29, 1.82) is 0 Å². The van der Waals surface area contributed by atoms with Gasteiger partial charge in [-0.1, -0.05) is 29.3 Å². The lowest BCUT2D eigenvalue weighted by Gasteiger charge is -2.12. The van der Waals surface area contributed by atoms with E-state index in [-0.39, 0.29) is 16.3 Å². The van der Waals surface area contributed by atoms with E-state index in [2.05, 4.69) is 10.0 Å². The molecule has 11 heteroatoms. The summed E-state index contributed by atoms with van der Waals surface area (Å²) in [7, 11) is -3.82. The molecule has 0 aliphatic heterocycles. The molecule has 0 unspecified atom stereocenters. The predicted molar refractivity (Wildman–Crippen MR) is 119 cm³/mol. The quantitative estimate of drug-likeness (QED) is 0.451. The van der Waals surface area contributed by atoms with Gasteiger partial charge in [-0.3, -0.25) is 9.52 Å². The minimum atomic E-state index is -4.66. The Morgan fingerprint density at radius 2 is 1.58 bits per heavy atom. The van der Waals surface area contributed by atoms with Gasteiger partial charge >= 0.3 is 6.18 Å². The number of sulfonamides is 1. The molecule has 0 atom stereocenters. The summed E-state index contributed by atoms with van der Waals surface area (Å²) in [5.41, 5.74) is 0.233. The van der Waals surface area contributed by atoms with Crippen molar-refractivity contribution in [3.8, 4) is 5.75 Å². The fourth-order valence-corrected chi connectivity index (χ4v) is 4.00. The molecule has 2 N–H and O–H groups in total. The van der Waals surface area contributed by atoms with Crippen LogP contribution in [0, 0.1) is 6.92 Å². The fraction of sp³-hybridized carbons (Fsp3) is 0.136. The number of anilines is 2. The highest BCUT2D eigenvalue weighted by atomic mass is 35.5. The summed E-state index contributed by atoms with van der Waals surface area (Å²) >= 11 is 5.55. The molecule has 3 aromatic carbocycles. The van der Waals surface area contributed by atoms with Crippen LogP contribution in [-0.4, -0.2) is 20.9 Å². The van der Waals surface area contributed by atoms with Gasteiger partial charge in [-0.25, -0.2) is 8.42 Å². The molecule has 0 spiro atoms. The van der Waals surface area contributed by atoms with Crippen molar-refractivity contribution in [2.24, 2.45) is 0 Å². The van der Waals surface area contributed by atoms with E-state index in [1.54, 1.807) is 24.3 Å². The van der Waals surface area contributed by atoms with Crippen molar-refractivity contribution in [1.82, 2.24) is 0 Å². The maximum atomic E-state index is 12.9. The molecule has 3 aromatic rings. The van der Waals surface area contributed by atoms with E-state index < -0.39 is 39.3 Å². The summed E-state index contributed by atoms with van der Waals surface area (Å²) in [5.74, 6) is -0.505. The van der Waals surface area contributed by atoms with Crippen LogP contribution in [0.15, 0.2) is 71.6 Å². The molecule has 0 radical (unpaired) electrons. The number of ether oxygens (including phenoxy) is 1. The van der Waals surface area contributed by atoms with Crippen molar-refractivity contribution < 1.29 is 31.1 Å². The third-order valence-electron chi connectivity index (χ3n) is 4.36. The first-order valence-corrected chi connectivity index (χ1v) is 11.3. The topological polar surface area (TPSA) is 84.5 Å². The summed E-state index contributed by atoms with van der Waals surface area (Å²) in [5, 5.41) is 1.81. The standard InChI is InChI=1S/C22H18ClF3N2O4S/c1-14-2-4-15(5-3-14)28-33(30,31)18-9-7-17(8-10-18)32-13-21(29)27-16-6-11-20(23)19(12-16)22(24,25)26/h2-12,28H,13H2,1H3,(H,27,29). The highest BCUT2D eigenvalue weighted by molar-refractivity contribution is 7.92. The van der Waals surface area contributed by atoms with E-state index in [4.69, 9.17) is 16.3 Å². The minimum Gasteiger partial charge on any atom is -0.484 e. The van der Waals surface area contributed by atoms with E-state index in [0.29, 0.717) is 5.69 Å². The Kier molecular flexibility index (Phi) is 7.19. The van der Waals surface area contributed by atoms with Crippen molar-refractivity contribution in [2.75, 3.05) is 16.6 Å². The Morgan fingerprint density at radius 3 is 2.18 bits per heavy atom. The molecule has 6 nitrogen and oxygen atoms in total. The molecular formula is C22H18ClF3N2O4S. The van der Waals surface area contributed by atoms with Crippen molar-refractivity contribution in [3.63, 3.8) is 0 Å². The molecule has 0 aliphatic rings. The number of benzene rings is 3. The van der Waals surface area contributed by atoms with E-state index in [1.807, 2.05) is 6.92 Å². The van der Waals surface area contributed by atoms with E-state index in [0.717, 1.165) is 17.7 Å². The Labute approximate surface area is 193 Å². The lowest BCUT2D eigenvalue weighted by Crippen LogP contribution is -2.20. The van der Waals surface area contributed by atoms with Crippen LogP contribution in [-0.2, 0) is 21.0 Å². The van der Waals surface area contributed by atoms with Gasteiger partial charge in [0.2, 0.25) is 0 Å². The van der Waals surface area contributed by atoms with Crippen LogP contribution in [0.3, 0.4) is 0 Å². The Bertz CT molecular complexity index is 1250. The zero-order valence-electron chi connectivity index (χ0n) is 17.1. The molecule has 3 rings (SSSR count). The van der Waals surface area contributed by atoms with Crippen molar-refractivity contribution in [3.05, 3.63) is 82.9 Å². The number of halogens is 4. The molecule has 0 saturated carbocycles. The first-order chi connectivity index (χ1) is 15.4. The van der Waals surface area contributed by atoms with Gasteiger partial charge in [0.15, 0.2) is 6.61 Å². The second-order valence-electron chi connectivity index (χ2n) is 6.97. The third-order valence-corrected chi connectivity index (χ3v) is 6.09. The van der Waals surface area contributed by atoms with Gasteiger partial charge in [-0.2, -0.15) is 13.2 Å². The van der Waals surface area contributed by atoms with Gasteiger partial charge in [0.05, 0.1) is 15.5 Å². The molecule has 174 valence electrons. The number of carbonyl (C=O) groups excluding carboxylic acids is 1. The highest BCUT2D eigenvalue weighted by Crippen LogP contribution is 2.36. The fourth-order valence-electron chi connectivity index (χ4n) is 2.72. The number of hydrogen-bond acceptors (Lipinski definition) is 4. The van der Waals surface area contributed by atoms with Crippen LogP contribution in [0.5, 0.6) is 5.75 Å². The molecular weight excluding hydrogens is 481 g/mol. The van der Waals surface area contributed by atoms with Gasteiger partial charge in [-0.15, -0.1) is 0 Å². The smallest absolute Gasteiger partial charge is 0.417 e. The summed E-state index contributed by atoms with van der Waals surface area (Å²) in [6.45, 7) is 1.38. The van der Waals surface area contributed by atoms with Gasteiger partial charge < -0.3 is 10.1 Å². The lowest BCUT2D eigenvalue weighted by atomic mass is 10.2. The summed E-state index contributed by atoms with van der Waals surface area (Å²) in [6, 6.07) is 15.1. The van der Waals surface area contributed by atoms with Gasteiger partial charge in [-0.05, 0) is 61.5 Å². The van der Waals surface area contributed by atoms with Crippen LogP contribution >= 0.6 is 11.6 Å². The average Bonchev–Trinajstić information content (AvgIpc) is 2.75. The highest BCUT2D eigenvalue weighted by Gasteiger charge is 2.33. The Balaban J connectivity index is 1.59. The van der Waals surface area contributed by atoms with Gasteiger partial charge in [0, 0.05) is 11.4 Å². The summed E-state index contributed by atoms with van der Waals surface area (Å²) in [4.78, 5) is 12.0. The maximum Gasteiger partial charge on any atom is 0.417 e. The van der Waals surface area contributed by atoms with E-state index in [1.165, 1.54) is 30.3 Å².